The van der Waals surface area contributed by atoms with Crippen LogP contribution in [0.5, 0.6) is 11.6 Å². The maximum atomic E-state index is 13.5. The van der Waals surface area contributed by atoms with Crippen molar-refractivity contribution in [3.63, 3.8) is 0 Å². The van der Waals surface area contributed by atoms with Crippen LogP contribution in [-0.4, -0.2) is 30.2 Å². The molecule has 2 aromatic carbocycles. The van der Waals surface area contributed by atoms with Crippen LogP contribution < -0.4 is 21.7 Å². The molecule has 12 heteroatoms. The zero-order valence-corrected chi connectivity index (χ0v) is 20.6. The van der Waals surface area contributed by atoms with Crippen molar-refractivity contribution in [1.82, 2.24) is 19.1 Å². The van der Waals surface area contributed by atoms with Crippen LogP contribution in [0.3, 0.4) is 0 Å². The number of halogens is 2. The molecule has 0 aliphatic heterocycles. The fourth-order valence-corrected chi connectivity index (χ4v) is 3.97. The van der Waals surface area contributed by atoms with E-state index in [-0.39, 0.29) is 24.6 Å². The lowest BCUT2D eigenvalue weighted by Crippen LogP contribution is -2.51. The minimum atomic E-state index is -1.12. The van der Waals surface area contributed by atoms with Gasteiger partial charge in [0.05, 0.1) is 23.8 Å². The number of ether oxygens (including phenoxy) is 1. The predicted octanol–water partition coefficient (Wildman–Crippen LogP) is 3.46. The van der Waals surface area contributed by atoms with Crippen LogP contribution in [0.2, 0.25) is 5.02 Å². The number of pyridine rings is 1. The number of carboxylic acids is 1. The van der Waals surface area contributed by atoms with Gasteiger partial charge in [-0.05, 0) is 60.9 Å². The number of aromatic nitrogens is 4. The number of hydrogen-bond donors (Lipinski definition) is 2. The molecule has 194 valence electrons. The quantitative estimate of drug-likeness (QED) is 0.354. The number of hydrogen-bond acceptors (Lipinski definition) is 6. The number of nitrogens with one attached hydrogen (secondary N) is 1. The number of aromatic amines is 1. The Hall–Kier alpha value is -4.51. The summed E-state index contributed by atoms with van der Waals surface area (Å²) in [6, 6.07) is 15.9. The van der Waals surface area contributed by atoms with E-state index in [4.69, 9.17) is 16.3 Å². The van der Waals surface area contributed by atoms with Crippen molar-refractivity contribution in [2.24, 2.45) is 10.4 Å². The van der Waals surface area contributed by atoms with E-state index in [9.17, 15) is 23.9 Å². The maximum Gasteiger partial charge on any atom is 0.335 e. The number of rotatable bonds is 8. The molecule has 0 unspecified atom stereocenters. The van der Waals surface area contributed by atoms with Crippen molar-refractivity contribution < 1.29 is 19.0 Å². The van der Waals surface area contributed by atoms with Crippen molar-refractivity contribution in [1.29, 1.82) is 0 Å². The highest BCUT2D eigenvalue weighted by Crippen LogP contribution is 2.46. The second-order valence-corrected chi connectivity index (χ2v) is 9.38. The van der Waals surface area contributed by atoms with E-state index in [1.165, 1.54) is 16.7 Å². The van der Waals surface area contributed by atoms with Gasteiger partial charge < -0.3 is 9.84 Å². The normalized spacial score (nSPS) is 14.3. The number of benzene rings is 2. The Labute approximate surface area is 219 Å². The summed E-state index contributed by atoms with van der Waals surface area (Å²) in [7, 11) is 0. The third-order valence-electron chi connectivity index (χ3n) is 6.20. The van der Waals surface area contributed by atoms with Gasteiger partial charge in [-0.25, -0.2) is 28.5 Å². The first-order chi connectivity index (χ1) is 18.2. The van der Waals surface area contributed by atoms with Gasteiger partial charge in [0.25, 0.3) is 0 Å². The second kappa shape index (κ2) is 10.1. The first kappa shape index (κ1) is 25.2. The molecular weight excluding hydrogens is 517 g/mol. The van der Waals surface area contributed by atoms with E-state index in [0.29, 0.717) is 29.3 Å². The summed E-state index contributed by atoms with van der Waals surface area (Å²) in [5, 5.41) is 10.1. The molecule has 4 aromatic rings. The van der Waals surface area contributed by atoms with Gasteiger partial charge in [0.1, 0.15) is 11.6 Å². The molecule has 10 nitrogen and oxygen atoms in total. The zero-order chi connectivity index (χ0) is 26.9. The average molecular weight is 538 g/mol. The molecule has 2 heterocycles. The van der Waals surface area contributed by atoms with Gasteiger partial charge in [-0.15, -0.1) is 0 Å². The van der Waals surface area contributed by atoms with E-state index >= 15 is 0 Å². The van der Waals surface area contributed by atoms with E-state index in [1.54, 1.807) is 48.5 Å². The number of carbonyl (C=O) groups is 1. The predicted molar refractivity (Wildman–Crippen MR) is 135 cm³/mol. The van der Waals surface area contributed by atoms with E-state index in [1.807, 2.05) is 0 Å². The Balaban J connectivity index is 1.52. The molecule has 1 aliphatic rings. The fourth-order valence-electron chi connectivity index (χ4n) is 3.84. The lowest BCUT2D eigenvalue weighted by Gasteiger charge is -2.14. The average Bonchev–Trinajstić information content (AvgIpc) is 3.69. The van der Waals surface area contributed by atoms with Crippen LogP contribution >= 0.6 is 11.6 Å². The maximum absolute atomic E-state index is 13.5. The van der Waals surface area contributed by atoms with Gasteiger partial charge in [0.2, 0.25) is 11.5 Å². The Bertz CT molecular complexity index is 1670. The molecule has 1 saturated carbocycles. The Morgan fingerprint density at radius 2 is 1.79 bits per heavy atom. The third kappa shape index (κ3) is 5.42. The van der Waals surface area contributed by atoms with Crippen LogP contribution in [0.15, 0.2) is 81.4 Å². The molecular formula is C26H21ClFN5O5. The van der Waals surface area contributed by atoms with Gasteiger partial charge in [-0.3, -0.25) is 14.3 Å². The molecule has 0 radical (unpaired) electrons. The van der Waals surface area contributed by atoms with E-state index in [0.717, 1.165) is 16.3 Å². The third-order valence-corrected chi connectivity index (χ3v) is 6.45. The molecule has 1 aliphatic carbocycles. The monoisotopic (exact) mass is 537 g/mol. The standard InChI is InChI=1S/C26H21ClFN5O5/c27-17-3-1-16(2-4-17)14-32-23(31-24(36)33(25(32)37)15-26(11-12-26)22(34)35)30-19-6-8-20(9-7-19)38-21-10-5-18(28)13-29-21/h1-10,13H,11-12,14-15H2,(H,34,35)(H,30,31,36). The lowest BCUT2D eigenvalue weighted by molar-refractivity contribution is -0.144. The highest BCUT2D eigenvalue weighted by atomic mass is 35.5. The summed E-state index contributed by atoms with van der Waals surface area (Å²) in [5.74, 6) is -0.895. The van der Waals surface area contributed by atoms with Crippen LogP contribution in [-0.2, 0) is 17.9 Å². The second-order valence-electron chi connectivity index (χ2n) is 8.94. The van der Waals surface area contributed by atoms with Crippen molar-refractivity contribution in [3.05, 3.63) is 110 Å². The number of nitrogens with zero attached hydrogens (tertiary/aromatic N) is 4. The Morgan fingerprint density at radius 3 is 2.39 bits per heavy atom. The van der Waals surface area contributed by atoms with Crippen LogP contribution in [0, 0.1) is 11.2 Å². The number of carboxylic acid groups (broad SMARTS) is 1. The van der Waals surface area contributed by atoms with E-state index in [2.05, 4.69) is 15.0 Å². The highest BCUT2D eigenvalue weighted by molar-refractivity contribution is 6.30. The van der Waals surface area contributed by atoms with Gasteiger partial charge in [-0.2, -0.15) is 0 Å². The highest BCUT2D eigenvalue weighted by Gasteiger charge is 2.51. The van der Waals surface area contributed by atoms with Crippen LogP contribution in [0.1, 0.15) is 18.4 Å². The minimum Gasteiger partial charge on any atom is -0.481 e. The molecule has 2 N–H and O–H groups in total. The largest absolute Gasteiger partial charge is 0.481 e. The van der Waals surface area contributed by atoms with Crippen LogP contribution in [0.4, 0.5) is 10.1 Å². The molecule has 2 aromatic heterocycles. The van der Waals surface area contributed by atoms with Crippen molar-refractivity contribution in [3.8, 4) is 11.6 Å². The number of aliphatic carboxylic acids is 1. The SMILES string of the molecule is O=C(O)C1(Cn2c(=O)[nH]/c(=N\c3ccc(Oc4ccc(F)cn4)cc3)n(Cc3ccc(Cl)cc3)c2=O)CC1. The molecule has 1 fully saturated rings. The molecule has 5 rings (SSSR count). The summed E-state index contributed by atoms with van der Waals surface area (Å²) in [6.45, 7) is -0.177. The molecule has 0 atom stereocenters. The summed E-state index contributed by atoms with van der Waals surface area (Å²) < 4.78 is 20.8. The Morgan fingerprint density at radius 1 is 1.08 bits per heavy atom. The minimum absolute atomic E-state index is 0.0137. The Kier molecular flexibility index (Phi) is 6.68. The summed E-state index contributed by atoms with van der Waals surface area (Å²) in [6.07, 6.45) is 1.82. The first-order valence-electron chi connectivity index (χ1n) is 11.6. The van der Waals surface area contributed by atoms with Crippen molar-refractivity contribution in [2.75, 3.05) is 0 Å². The molecule has 0 amide bonds. The van der Waals surface area contributed by atoms with Gasteiger partial charge >= 0.3 is 17.3 Å². The summed E-state index contributed by atoms with van der Waals surface area (Å²) >= 11 is 5.99. The topological polar surface area (TPSA) is 132 Å². The van der Waals surface area contributed by atoms with Gasteiger partial charge in [0, 0.05) is 17.6 Å². The van der Waals surface area contributed by atoms with Gasteiger partial charge in [-0.1, -0.05) is 23.7 Å². The lowest BCUT2D eigenvalue weighted by atomic mass is 10.1. The molecule has 0 saturated heterocycles. The smallest absolute Gasteiger partial charge is 0.335 e. The zero-order valence-electron chi connectivity index (χ0n) is 19.8. The molecule has 38 heavy (non-hydrogen) atoms. The fraction of sp³-hybridized carbons (Fsp3) is 0.192. The molecule has 0 spiro atoms. The van der Waals surface area contributed by atoms with Crippen molar-refractivity contribution in [2.45, 2.75) is 25.9 Å². The van der Waals surface area contributed by atoms with Gasteiger partial charge in [0.15, 0.2) is 0 Å². The summed E-state index contributed by atoms with van der Waals surface area (Å²) in [4.78, 5) is 48.9. The van der Waals surface area contributed by atoms with Crippen molar-refractivity contribution >= 4 is 23.3 Å². The summed E-state index contributed by atoms with van der Waals surface area (Å²) in [5.41, 5.74) is -1.44. The van der Waals surface area contributed by atoms with E-state index < -0.39 is 28.6 Å². The number of H-pyrrole nitrogens is 1. The molecule has 0 bridgehead atoms. The first-order valence-corrected chi connectivity index (χ1v) is 12.0. The van der Waals surface area contributed by atoms with Crippen LogP contribution in [0.25, 0.3) is 0 Å².